The van der Waals surface area contributed by atoms with Crippen LogP contribution in [0.1, 0.15) is 49.9 Å². The van der Waals surface area contributed by atoms with Crippen LogP contribution in [0.4, 0.5) is 8.78 Å². The van der Waals surface area contributed by atoms with E-state index in [1.165, 1.54) is 6.07 Å². The maximum Gasteiger partial charge on any atom is 0.256 e. The number of halogens is 2. The largest absolute Gasteiger partial charge is 0.373 e. The number of morpholine rings is 1. The fraction of sp³-hybridized carbons (Fsp3) is 0.680. The highest BCUT2D eigenvalue weighted by molar-refractivity contribution is 5.94. The van der Waals surface area contributed by atoms with Gasteiger partial charge in [-0.1, -0.05) is 0 Å². The van der Waals surface area contributed by atoms with Crippen molar-refractivity contribution in [3.8, 4) is 0 Å². The van der Waals surface area contributed by atoms with Crippen LogP contribution in [0.5, 0.6) is 0 Å². The van der Waals surface area contributed by atoms with Gasteiger partial charge in [0.1, 0.15) is 11.6 Å². The monoisotopic (exact) mass is 463 g/mol. The third-order valence-electron chi connectivity index (χ3n) is 7.23. The predicted molar refractivity (Wildman–Crippen MR) is 121 cm³/mol. The lowest BCUT2D eigenvalue weighted by atomic mass is 9.91. The molecule has 0 radical (unpaired) electrons. The number of ether oxygens (including phenoxy) is 1. The number of hydrogen-bond donors (Lipinski definition) is 0. The molecule has 0 spiro atoms. The van der Waals surface area contributed by atoms with Crippen LogP contribution in [0, 0.1) is 23.5 Å². The van der Waals surface area contributed by atoms with Crippen molar-refractivity contribution in [1.82, 2.24) is 14.7 Å². The van der Waals surface area contributed by atoms with Gasteiger partial charge >= 0.3 is 0 Å². The summed E-state index contributed by atoms with van der Waals surface area (Å²) < 4.78 is 32.9. The normalized spacial score (nSPS) is 25.9. The summed E-state index contributed by atoms with van der Waals surface area (Å²) in [7, 11) is 0. The molecule has 3 aliphatic heterocycles. The van der Waals surface area contributed by atoms with Crippen molar-refractivity contribution in [2.75, 3.05) is 45.8 Å². The summed E-state index contributed by atoms with van der Waals surface area (Å²) in [5, 5.41) is 0. The molecule has 2 amide bonds. The van der Waals surface area contributed by atoms with E-state index in [9.17, 15) is 18.4 Å². The second-order valence-electron chi connectivity index (χ2n) is 9.94. The van der Waals surface area contributed by atoms with E-state index in [-0.39, 0.29) is 29.6 Å². The first kappa shape index (κ1) is 24.1. The number of nitrogens with zero attached hydrogens (tertiary/aromatic N) is 3. The van der Waals surface area contributed by atoms with E-state index in [0.717, 1.165) is 57.7 Å². The molecule has 0 aliphatic carbocycles. The Bertz CT molecular complexity index is 841. The maximum absolute atomic E-state index is 14.0. The summed E-state index contributed by atoms with van der Waals surface area (Å²) in [6.07, 6.45) is 3.74. The minimum absolute atomic E-state index is 0.0930. The lowest BCUT2D eigenvalue weighted by Crippen LogP contribution is -2.50. The first-order valence-electron chi connectivity index (χ1n) is 12.2. The number of benzene rings is 1. The van der Waals surface area contributed by atoms with Gasteiger partial charge in [0.15, 0.2) is 0 Å². The van der Waals surface area contributed by atoms with Gasteiger partial charge in [0.05, 0.1) is 17.8 Å². The van der Waals surface area contributed by atoms with E-state index in [4.69, 9.17) is 4.74 Å². The Morgan fingerprint density at radius 2 is 1.55 bits per heavy atom. The molecule has 1 aromatic rings. The summed E-state index contributed by atoms with van der Waals surface area (Å²) in [6.45, 7) is 9.67. The average Bonchev–Trinajstić information content (AvgIpc) is 2.78. The Morgan fingerprint density at radius 1 is 0.939 bits per heavy atom. The van der Waals surface area contributed by atoms with Gasteiger partial charge in [-0.15, -0.1) is 0 Å². The zero-order chi connectivity index (χ0) is 23.5. The highest BCUT2D eigenvalue weighted by Gasteiger charge is 2.33. The van der Waals surface area contributed by atoms with Crippen LogP contribution in [0.25, 0.3) is 0 Å². The molecule has 182 valence electrons. The van der Waals surface area contributed by atoms with Crippen molar-refractivity contribution in [2.24, 2.45) is 11.8 Å². The van der Waals surface area contributed by atoms with Crippen LogP contribution in [0.15, 0.2) is 18.2 Å². The molecule has 3 fully saturated rings. The molecule has 3 saturated heterocycles. The predicted octanol–water partition coefficient (Wildman–Crippen LogP) is 3.16. The van der Waals surface area contributed by atoms with Crippen LogP contribution in [0.3, 0.4) is 0 Å². The van der Waals surface area contributed by atoms with Gasteiger partial charge in [-0.2, -0.15) is 0 Å². The van der Waals surface area contributed by atoms with Crippen molar-refractivity contribution in [3.05, 3.63) is 35.4 Å². The van der Waals surface area contributed by atoms with E-state index >= 15 is 0 Å². The second kappa shape index (κ2) is 10.5. The molecule has 8 heteroatoms. The van der Waals surface area contributed by atoms with Gasteiger partial charge in [0, 0.05) is 57.8 Å². The number of amides is 2. The quantitative estimate of drug-likeness (QED) is 0.689. The van der Waals surface area contributed by atoms with Crippen molar-refractivity contribution in [2.45, 2.75) is 51.7 Å². The van der Waals surface area contributed by atoms with Crippen LogP contribution in [0.2, 0.25) is 0 Å². The molecule has 33 heavy (non-hydrogen) atoms. The van der Waals surface area contributed by atoms with Crippen molar-refractivity contribution in [3.63, 3.8) is 0 Å². The first-order chi connectivity index (χ1) is 15.8. The fourth-order valence-corrected chi connectivity index (χ4v) is 5.56. The van der Waals surface area contributed by atoms with Gasteiger partial charge in [-0.05, 0) is 57.6 Å². The summed E-state index contributed by atoms with van der Waals surface area (Å²) >= 11 is 0. The molecule has 4 rings (SSSR count). The van der Waals surface area contributed by atoms with E-state index in [1.54, 1.807) is 4.90 Å². The molecule has 1 aromatic carbocycles. The van der Waals surface area contributed by atoms with Crippen molar-refractivity contribution < 1.29 is 23.1 Å². The zero-order valence-electron chi connectivity index (χ0n) is 19.6. The fourth-order valence-electron chi connectivity index (χ4n) is 5.56. The average molecular weight is 464 g/mol. The number of rotatable bonds is 4. The summed E-state index contributed by atoms with van der Waals surface area (Å²) in [5.41, 5.74) is -0.118. The Labute approximate surface area is 194 Å². The Morgan fingerprint density at radius 3 is 2.15 bits per heavy atom. The minimum atomic E-state index is -0.845. The van der Waals surface area contributed by atoms with Crippen LogP contribution in [-0.2, 0) is 9.53 Å². The topological polar surface area (TPSA) is 53.1 Å². The molecule has 0 N–H and O–H groups in total. The van der Waals surface area contributed by atoms with Gasteiger partial charge in [-0.3, -0.25) is 14.5 Å². The Hall–Kier alpha value is -2.06. The number of likely N-dealkylation sites (tertiary alicyclic amines) is 2. The lowest BCUT2D eigenvalue weighted by molar-refractivity contribution is -0.138. The van der Waals surface area contributed by atoms with Gasteiger partial charge in [0.2, 0.25) is 5.91 Å². The van der Waals surface area contributed by atoms with Crippen LogP contribution >= 0.6 is 0 Å². The molecule has 2 atom stereocenters. The first-order valence-corrected chi connectivity index (χ1v) is 12.2. The second-order valence-corrected chi connectivity index (χ2v) is 9.94. The molecule has 0 bridgehead atoms. The van der Waals surface area contributed by atoms with Gasteiger partial charge < -0.3 is 14.5 Å². The van der Waals surface area contributed by atoms with Crippen molar-refractivity contribution >= 4 is 11.8 Å². The van der Waals surface area contributed by atoms with E-state index in [1.807, 2.05) is 4.90 Å². The smallest absolute Gasteiger partial charge is 0.256 e. The molecule has 3 aliphatic rings. The minimum Gasteiger partial charge on any atom is -0.373 e. The Balaban J connectivity index is 1.22. The lowest BCUT2D eigenvalue weighted by Gasteiger charge is -2.40. The molecule has 2 unspecified atom stereocenters. The standard InChI is InChI=1S/C25H35F2N3O3/c1-17-14-28(15-18(2)33-17)16-19-5-9-29(10-6-19)24(31)20-7-11-30(12-8-20)25(32)22-4-3-21(26)13-23(22)27/h3-4,13,17-20H,5-12,14-16H2,1-2H3. The van der Waals surface area contributed by atoms with E-state index < -0.39 is 17.5 Å². The molecule has 6 nitrogen and oxygen atoms in total. The molecular weight excluding hydrogens is 428 g/mol. The molecule has 0 aromatic heterocycles. The van der Waals surface area contributed by atoms with Gasteiger partial charge in [-0.25, -0.2) is 8.78 Å². The Kier molecular flexibility index (Phi) is 7.64. The maximum atomic E-state index is 14.0. The van der Waals surface area contributed by atoms with Gasteiger partial charge in [0.25, 0.3) is 5.91 Å². The third-order valence-corrected chi connectivity index (χ3v) is 7.23. The van der Waals surface area contributed by atoms with Crippen molar-refractivity contribution in [1.29, 1.82) is 0 Å². The van der Waals surface area contributed by atoms with E-state index in [2.05, 4.69) is 18.7 Å². The molecular formula is C25H35F2N3O3. The number of carbonyl (C=O) groups is 2. The SMILES string of the molecule is CC1CN(CC2CCN(C(=O)C3CCN(C(=O)c4ccc(F)cc4F)CC3)CC2)CC(C)O1. The highest BCUT2D eigenvalue weighted by Crippen LogP contribution is 2.26. The number of carbonyl (C=O) groups excluding carboxylic acids is 2. The summed E-state index contributed by atoms with van der Waals surface area (Å²) in [4.78, 5) is 31.7. The van der Waals surface area contributed by atoms with Crippen LogP contribution < -0.4 is 0 Å². The third kappa shape index (κ3) is 5.90. The zero-order valence-corrected chi connectivity index (χ0v) is 19.6. The summed E-state index contributed by atoms with van der Waals surface area (Å²) in [6, 6.07) is 3.01. The van der Waals surface area contributed by atoms with E-state index in [0.29, 0.717) is 31.8 Å². The molecule has 0 saturated carbocycles. The number of hydrogen-bond acceptors (Lipinski definition) is 4. The number of piperidine rings is 2. The van der Waals surface area contributed by atoms with Crippen LogP contribution in [-0.4, -0.2) is 84.5 Å². The molecule has 3 heterocycles. The summed E-state index contributed by atoms with van der Waals surface area (Å²) in [5.74, 6) is -1.29. The highest BCUT2D eigenvalue weighted by atomic mass is 19.1.